The number of halogens is 3. The molecule has 8 rings (SSSR count). The predicted octanol–water partition coefficient (Wildman–Crippen LogP) is 6.00. The second kappa shape index (κ2) is 13.3. The van der Waals surface area contributed by atoms with Crippen LogP contribution in [0.5, 0.6) is 0 Å². The van der Waals surface area contributed by atoms with Gasteiger partial charge in [0.25, 0.3) is 9.70 Å². The van der Waals surface area contributed by atoms with E-state index in [-0.39, 0.29) is 51.8 Å². The number of carbonyl (C=O) groups is 2. The molecule has 3 saturated heterocycles. The lowest BCUT2D eigenvalue weighted by molar-refractivity contribution is -0.256. The predicted molar refractivity (Wildman–Crippen MR) is 202 cm³/mol. The zero-order chi connectivity index (χ0) is 39.0. The molecular weight excluding hydrogens is 759 g/mol. The number of hydrogen-bond donors (Lipinski definition) is 3. The summed E-state index contributed by atoms with van der Waals surface area (Å²) in [5.41, 5.74) is -2.03. The Kier molecular flexibility index (Phi) is 9.91. The minimum absolute atomic E-state index is 0.0151. The van der Waals surface area contributed by atoms with Gasteiger partial charge in [-0.05, 0) is 111 Å². The van der Waals surface area contributed by atoms with Gasteiger partial charge >= 0.3 is 6.09 Å². The second-order valence-electron chi connectivity index (χ2n) is 20.1. The molecule has 14 heteroatoms. The first-order valence-electron chi connectivity index (χ1n) is 20.3. The summed E-state index contributed by atoms with van der Waals surface area (Å²) in [5, 5.41) is 24.3. The smallest absolute Gasteiger partial charge is 0.414 e. The van der Waals surface area contributed by atoms with Crippen LogP contribution < -0.4 is 5.32 Å². The van der Waals surface area contributed by atoms with Gasteiger partial charge in [0.2, 0.25) is 0 Å². The SMILES string of the molecule is C[C@@H]1C[C@H]([C@H](O)C(C)(C)O)O[C@H]2[C@H]1[C@@]1(C)CC[C@@]34C[C@@]35CC[C@H](O[C@H]3CN(C6COC6)CCO3)C(C)(C)[C@@H]5CC[C@H]4[C@]1(C)[C@H]2OC(=O)NC(=O)C(Cl)(Cl)Cl. The molecule has 0 bridgehead atoms. The van der Waals surface area contributed by atoms with Crippen molar-refractivity contribution in [3.05, 3.63) is 0 Å². The number of alkyl halides is 3. The van der Waals surface area contributed by atoms with Crippen molar-refractivity contribution in [3.8, 4) is 0 Å². The van der Waals surface area contributed by atoms with Crippen LogP contribution in [-0.4, -0.2) is 112 Å². The zero-order valence-electron chi connectivity index (χ0n) is 32.9. The fourth-order valence-corrected chi connectivity index (χ4v) is 14.5. The van der Waals surface area contributed by atoms with Gasteiger partial charge in [-0.1, -0.05) is 69.4 Å². The van der Waals surface area contributed by atoms with E-state index in [2.05, 4.69) is 44.8 Å². The molecule has 14 atom stereocenters. The number of morpholine rings is 1. The van der Waals surface area contributed by atoms with E-state index in [9.17, 15) is 19.8 Å². The summed E-state index contributed by atoms with van der Waals surface area (Å²) in [5.74, 6) is -0.258. The van der Waals surface area contributed by atoms with E-state index >= 15 is 0 Å². The monoisotopic (exact) mass is 818 g/mol. The Morgan fingerprint density at radius 2 is 1.69 bits per heavy atom. The van der Waals surface area contributed by atoms with Crippen LogP contribution in [0.3, 0.4) is 0 Å². The van der Waals surface area contributed by atoms with Gasteiger partial charge in [-0.25, -0.2) is 4.79 Å². The fourth-order valence-electron chi connectivity index (χ4n) is 14.3. The number of amides is 2. The maximum atomic E-state index is 13.6. The van der Waals surface area contributed by atoms with Crippen LogP contribution >= 0.6 is 34.8 Å². The van der Waals surface area contributed by atoms with Gasteiger partial charge in [0.15, 0.2) is 6.29 Å². The molecule has 0 radical (unpaired) electrons. The number of carbonyl (C=O) groups excluding carboxylic acids is 2. The number of ether oxygens (including phenoxy) is 5. The molecule has 5 saturated carbocycles. The van der Waals surface area contributed by atoms with Gasteiger partial charge in [0.1, 0.15) is 12.2 Å². The molecule has 3 N–H and O–H groups in total. The molecule has 0 aromatic rings. The number of nitrogens with zero attached hydrogens (tertiary/aromatic N) is 1. The van der Waals surface area contributed by atoms with Gasteiger partial charge < -0.3 is 33.9 Å². The summed E-state index contributed by atoms with van der Waals surface area (Å²) in [6, 6.07) is 0.460. The second-order valence-corrected chi connectivity index (χ2v) is 22.4. The number of rotatable bonds is 6. The summed E-state index contributed by atoms with van der Waals surface area (Å²) in [4.78, 5) is 28.8. The Labute approximate surface area is 335 Å². The molecule has 306 valence electrons. The van der Waals surface area contributed by atoms with Gasteiger partial charge in [-0.3, -0.25) is 15.0 Å². The van der Waals surface area contributed by atoms with Gasteiger partial charge in [-0.2, -0.15) is 0 Å². The van der Waals surface area contributed by atoms with Crippen molar-refractivity contribution in [1.29, 1.82) is 0 Å². The Morgan fingerprint density at radius 3 is 2.33 bits per heavy atom. The maximum absolute atomic E-state index is 13.6. The quantitative estimate of drug-likeness (QED) is 0.274. The van der Waals surface area contributed by atoms with Crippen LogP contribution in [0, 0.1) is 50.7 Å². The molecule has 0 aromatic heterocycles. The lowest BCUT2D eigenvalue weighted by atomic mass is 9.41. The minimum Gasteiger partial charge on any atom is -0.443 e. The van der Waals surface area contributed by atoms with Crippen molar-refractivity contribution in [2.24, 2.45) is 50.7 Å². The van der Waals surface area contributed by atoms with E-state index in [1.54, 1.807) is 13.8 Å². The number of hydrogen-bond acceptors (Lipinski definition) is 10. The van der Waals surface area contributed by atoms with Crippen molar-refractivity contribution in [2.45, 2.75) is 152 Å². The summed E-state index contributed by atoms with van der Waals surface area (Å²) < 4.78 is 29.5. The molecule has 0 unspecified atom stereocenters. The van der Waals surface area contributed by atoms with E-state index in [1.165, 1.54) is 0 Å². The maximum Gasteiger partial charge on any atom is 0.414 e. The fraction of sp³-hybridized carbons (Fsp3) is 0.950. The average molecular weight is 820 g/mol. The largest absolute Gasteiger partial charge is 0.443 e. The Balaban J connectivity index is 1.09. The highest BCUT2D eigenvalue weighted by molar-refractivity contribution is 6.76. The van der Waals surface area contributed by atoms with E-state index in [4.69, 9.17) is 58.5 Å². The highest BCUT2D eigenvalue weighted by Gasteiger charge is 2.85. The zero-order valence-corrected chi connectivity index (χ0v) is 35.1. The molecule has 11 nitrogen and oxygen atoms in total. The van der Waals surface area contributed by atoms with Crippen molar-refractivity contribution in [3.63, 3.8) is 0 Å². The summed E-state index contributed by atoms with van der Waals surface area (Å²) >= 11 is 17.5. The molecule has 3 aliphatic heterocycles. The molecule has 2 spiro atoms. The van der Waals surface area contributed by atoms with Crippen molar-refractivity contribution >= 4 is 46.8 Å². The number of fused-ring (bicyclic) bond motifs is 4. The Morgan fingerprint density at radius 1 is 1.00 bits per heavy atom. The van der Waals surface area contributed by atoms with Crippen LogP contribution in [0.25, 0.3) is 0 Å². The van der Waals surface area contributed by atoms with Gasteiger partial charge in [-0.15, -0.1) is 0 Å². The minimum atomic E-state index is -2.34. The normalized spacial score (nSPS) is 47.8. The lowest BCUT2D eigenvalue weighted by Crippen LogP contribution is -2.61. The molecule has 5 aliphatic carbocycles. The first-order valence-corrected chi connectivity index (χ1v) is 21.5. The first kappa shape index (κ1) is 40.3. The number of aliphatic hydroxyl groups excluding tert-OH is 1. The van der Waals surface area contributed by atoms with Crippen LogP contribution in [0.15, 0.2) is 0 Å². The molecule has 54 heavy (non-hydrogen) atoms. The molecule has 8 aliphatic rings. The van der Waals surface area contributed by atoms with Gasteiger partial charge in [0.05, 0.1) is 56.3 Å². The van der Waals surface area contributed by atoms with Crippen molar-refractivity contribution in [2.75, 3.05) is 32.9 Å². The number of aliphatic hydroxyl groups is 2. The molecule has 8 fully saturated rings. The first-order chi connectivity index (χ1) is 25.1. The van der Waals surface area contributed by atoms with Crippen LogP contribution in [0.4, 0.5) is 4.79 Å². The van der Waals surface area contributed by atoms with Crippen molar-refractivity contribution in [1.82, 2.24) is 10.2 Å². The summed E-state index contributed by atoms with van der Waals surface area (Å²) in [7, 11) is 0. The van der Waals surface area contributed by atoms with Crippen molar-refractivity contribution < 1.29 is 43.5 Å². The van der Waals surface area contributed by atoms with E-state index in [1.807, 2.05) is 0 Å². The molecular formula is C40H61Cl3N2O9. The van der Waals surface area contributed by atoms with Gasteiger partial charge in [0, 0.05) is 12.0 Å². The standard InChI is InChI=1S/C40H61Cl3N2O9/c1-21-16-23(30(46)35(4,5)49)52-29-28(21)36(6)12-13-39-20-38(39)11-10-26(53-27-17-45(14-15-51-27)22-18-50-19-22)34(2,3)24(38)8-9-25(39)37(36,7)31(29)54-33(48)44-32(47)40(41,42)43/h21-31,46,49H,8-20H2,1-7H3,(H,44,47,48)/t21-,23-,24+,25+,26+,27+,28+,29+,30+,31+,36-,37-,38-,39+/m1/s1. The third-order valence-corrected chi connectivity index (χ3v) is 17.5. The number of nitrogens with one attached hydrogen (secondary N) is 1. The summed E-state index contributed by atoms with van der Waals surface area (Å²) in [6.07, 6.45) is 3.59. The molecule has 0 aromatic carbocycles. The third-order valence-electron chi connectivity index (χ3n) is 17.0. The molecule has 2 amide bonds. The highest BCUT2D eigenvalue weighted by Crippen LogP contribution is 2.89. The number of imide groups is 1. The van der Waals surface area contributed by atoms with E-state index < -0.39 is 51.2 Å². The van der Waals surface area contributed by atoms with Crippen LogP contribution in [0.2, 0.25) is 0 Å². The number of alkyl carbamates (subject to hydrolysis) is 1. The van der Waals surface area contributed by atoms with Crippen LogP contribution in [-0.2, 0) is 28.5 Å². The van der Waals surface area contributed by atoms with Crippen LogP contribution in [0.1, 0.15) is 99.8 Å². The Bertz CT molecular complexity index is 1500. The van der Waals surface area contributed by atoms with E-state index in [0.29, 0.717) is 25.0 Å². The molecule has 3 heterocycles. The summed E-state index contributed by atoms with van der Waals surface area (Å²) in [6.45, 7) is 18.8. The Hall–Kier alpha value is -0.470. The topological polar surface area (TPSA) is 136 Å². The van der Waals surface area contributed by atoms with E-state index in [0.717, 1.165) is 71.2 Å². The third kappa shape index (κ3) is 5.88. The lowest BCUT2D eigenvalue weighted by Gasteiger charge is -2.64. The average Bonchev–Trinajstić information content (AvgIpc) is 3.67. The highest BCUT2D eigenvalue weighted by atomic mass is 35.6.